The maximum absolute atomic E-state index is 6.31. The van der Waals surface area contributed by atoms with Gasteiger partial charge in [0, 0.05) is 38.0 Å². The van der Waals surface area contributed by atoms with E-state index in [9.17, 15) is 0 Å². The van der Waals surface area contributed by atoms with Gasteiger partial charge in [-0.2, -0.15) is 0 Å². The zero-order valence-corrected chi connectivity index (χ0v) is 12.0. The summed E-state index contributed by atoms with van der Waals surface area (Å²) in [5, 5.41) is 0. The van der Waals surface area contributed by atoms with Gasteiger partial charge in [0.05, 0.1) is 0 Å². The van der Waals surface area contributed by atoms with Gasteiger partial charge in [0.1, 0.15) is 11.9 Å². The quantitative estimate of drug-likeness (QED) is 0.826. The number of hydrogen-bond donors (Lipinski definition) is 0. The molecule has 2 saturated heterocycles. The Kier molecular flexibility index (Phi) is 3.76. The van der Waals surface area contributed by atoms with Crippen LogP contribution in [0.1, 0.15) is 6.92 Å². The van der Waals surface area contributed by atoms with E-state index in [-0.39, 0.29) is 0 Å². The van der Waals surface area contributed by atoms with Gasteiger partial charge in [0.15, 0.2) is 0 Å². The van der Waals surface area contributed by atoms with Crippen LogP contribution in [-0.4, -0.2) is 55.7 Å². The van der Waals surface area contributed by atoms with Crippen LogP contribution in [0, 0.1) is 11.8 Å². The van der Waals surface area contributed by atoms with Crippen molar-refractivity contribution >= 4 is 0 Å². The largest absolute Gasteiger partial charge is 0.490 e. The first-order valence-corrected chi connectivity index (χ1v) is 7.39. The van der Waals surface area contributed by atoms with Crippen molar-refractivity contribution in [1.82, 2.24) is 9.80 Å². The summed E-state index contributed by atoms with van der Waals surface area (Å²) in [7, 11) is 2.24. The second kappa shape index (κ2) is 5.51. The van der Waals surface area contributed by atoms with E-state index in [0.717, 1.165) is 25.4 Å². The molecule has 0 saturated carbocycles. The van der Waals surface area contributed by atoms with Gasteiger partial charge < -0.3 is 14.5 Å². The van der Waals surface area contributed by atoms with Crippen LogP contribution in [0.4, 0.5) is 0 Å². The fraction of sp³-hybridized carbons (Fsp3) is 0.625. The molecule has 2 bridgehead atoms. The molecule has 0 aliphatic carbocycles. The Morgan fingerprint density at radius 2 is 1.68 bits per heavy atom. The van der Waals surface area contributed by atoms with E-state index < -0.39 is 0 Å². The van der Waals surface area contributed by atoms with Crippen molar-refractivity contribution in [2.24, 2.45) is 11.8 Å². The molecule has 0 N–H and O–H groups in total. The number of fused-ring (bicyclic) bond motifs is 2. The number of piperidine rings is 2. The lowest BCUT2D eigenvalue weighted by Gasteiger charge is -2.49. The van der Waals surface area contributed by atoms with E-state index in [1.165, 1.54) is 13.1 Å². The van der Waals surface area contributed by atoms with E-state index in [1.54, 1.807) is 0 Å². The van der Waals surface area contributed by atoms with Crippen LogP contribution in [0.2, 0.25) is 0 Å². The number of para-hydroxylation sites is 1. The van der Waals surface area contributed by atoms with Crippen LogP contribution < -0.4 is 4.74 Å². The van der Waals surface area contributed by atoms with E-state index in [2.05, 4.69) is 48.0 Å². The van der Waals surface area contributed by atoms with Crippen molar-refractivity contribution in [2.75, 3.05) is 39.8 Å². The fourth-order valence-electron chi connectivity index (χ4n) is 3.64. The normalized spacial score (nSPS) is 32.2. The maximum atomic E-state index is 6.31. The predicted octanol–water partition coefficient (Wildman–Crippen LogP) is 1.95. The minimum atomic E-state index is 0.390. The van der Waals surface area contributed by atoms with E-state index in [4.69, 9.17) is 4.74 Å². The SMILES string of the molecule is CCN1CC2CN(C)CC(C1)C2Oc1ccccc1. The van der Waals surface area contributed by atoms with Crippen molar-refractivity contribution in [3.05, 3.63) is 30.3 Å². The molecule has 2 aliphatic heterocycles. The molecule has 2 unspecified atom stereocenters. The van der Waals surface area contributed by atoms with Crippen molar-refractivity contribution in [3.63, 3.8) is 0 Å². The number of benzene rings is 1. The Balaban J connectivity index is 1.74. The first-order valence-electron chi connectivity index (χ1n) is 7.39. The Morgan fingerprint density at radius 3 is 2.26 bits per heavy atom. The van der Waals surface area contributed by atoms with Crippen molar-refractivity contribution < 1.29 is 4.74 Å². The molecule has 1 aromatic rings. The molecule has 1 aromatic carbocycles. The van der Waals surface area contributed by atoms with Crippen LogP contribution in [0.3, 0.4) is 0 Å². The van der Waals surface area contributed by atoms with Crippen LogP contribution in [-0.2, 0) is 0 Å². The van der Waals surface area contributed by atoms with Gasteiger partial charge in [-0.3, -0.25) is 0 Å². The van der Waals surface area contributed by atoms with Gasteiger partial charge in [0.25, 0.3) is 0 Å². The molecular weight excluding hydrogens is 236 g/mol. The average molecular weight is 260 g/mol. The van der Waals surface area contributed by atoms with Gasteiger partial charge in [-0.25, -0.2) is 0 Å². The predicted molar refractivity (Wildman–Crippen MR) is 77.4 cm³/mol. The standard InChI is InChI=1S/C16H24N2O/c1-3-18-11-13-9-17(2)10-14(12-18)16(13)19-15-7-5-4-6-8-15/h4-8,13-14,16H,3,9-12H2,1-2H3. The van der Waals surface area contributed by atoms with Crippen LogP contribution in [0.15, 0.2) is 30.3 Å². The van der Waals surface area contributed by atoms with Crippen molar-refractivity contribution in [3.8, 4) is 5.75 Å². The third kappa shape index (κ3) is 2.77. The summed E-state index contributed by atoms with van der Waals surface area (Å²) in [6, 6.07) is 10.3. The Bertz CT molecular complexity index is 392. The first-order chi connectivity index (χ1) is 9.26. The molecule has 0 spiro atoms. The Morgan fingerprint density at radius 1 is 1.05 bits per heavy atom. The highest BCUT2D eigenvalue weighted by atomic mass is 16.5. The average Bonchev–Trinajstić information content (AvgIpc) is 2.40. The molecule has 0 radical (unpaired) electrons. The van der Waals surface area contributed by atoms with Crippen molar-refractivity contribution in [1.29, 1.82) is 0 Å². The smallest absolute Gasteiger partial charge is 0.119 e. The molecule has 2 atom stereocenters. The minimum absolute atomic E-state index is 0.390. The molecule has 104 valence electrons. The lowest BCUT2D eigenvalue weighted by Crippen LogP contribution is -2.61. The lowest BCUT2D eigenvalue weighted by atomic mass is 9.81. The zero-order chi connectivity index (χ0) is 13.2. The molecule has 0 amide bonds. The van der Waals surface area contributed by atoms with Crippen LogP contribution in [0.5, 0.6) is 5.75 Å². The molecule has 2 aliphatic rings. The summed E-state index contributed by atoms with van der Waals surface area (Å²) in [6.07, 6.45) is 0.390. The molecular formula is C16H24N2O. The first kappa shape index (κ1) is 12.9. The van der Waals surface area contributed by atoms with Gasteiger partial charge in [0.2, 0.25) is 0 Å². The topological polar surface area (TPSA) is 15.7 Å². The molecule has 3 rings (SSSR count). The summed E-state index contributed by atoms with van der Waals surface area (Å²) in [6.45, 7) is 8.09. The summed E-state index contributed by atoms with van der Waals surface area (Å²) < 4.78 is 6.31. The summed E-state index contributed by atoms with van der Waals surface area (Å²) in [5.41, 5.74) is 0. The van der Waals surface area contributed by atoms with Crippen LogP contribution in [0.25, 0.3) is 0 Å². The number of rotatable bonds is 3. The third-order valence-electron chi connectivity index (χ3n) is 4.47. The lowest BCUT2D eigenvalue weighted by molar-refractivity contribution is -0.0572. The molecule has 19 heavy (non-hydrogen) atoms. The summed E-state index contributed by atoms with van der Waals surface area (Å²) >= 11 is 0. The van der Waals surface area contributed by atoms with Gasteiger partial charge in [-0.05, 0) is 25.7 Å². The number of nitrogens with zero attached hydrogens (tertiary/aromatic N) is 2. The number of hydrogen-bond acceptors (Lipinski definition) is 3. The summed E-state index contributed by atoms with van der Waals surface area (Å²) in [5.74, 6) is 2.30. The molecule has 2 heterocycles. The number of likely N-dealkylation sites (tertiary alicyclic amines) is 2. The monoisotopic (exact) mass is 260 g/mol. The second-order valence-corrected chi connectivity index (χ2v) is 5.99. The van der Waals surface area contributed by atoms with Crippen LogP contribution >= 0.6 is 0 Å². The van der Waals surface area contributed by atoms with Gasteiger partial charge in [-0.15, -0.1) is 0 Å². The highest BCUT2D eigenvalue weighted by Gasteiger charge is 2.42. The highest BCUT2D eigenvalue weighted by Crippen LogP contribution is 2.31. The number of ether oxygens (including phenoxy) is 1. The van der Waals surface area contributed by atoms with Gasteiger partial charge in [-0.1, -0.05) is 25.1 Å². The van der Waals surface area contributed by atoms with E-state index in [1.807, 2.05) is 6.07 Å². The van der Waals surface area contributed by atoms with Gasteiger partial charge >= 0.3 is 0 Å². The third-order valence-corrected chi connectivity index (χ3v) is 4.47. The second-order valence-electron chi connectivity index (χ2n) is 5.99. The Hall–Kier alpha value is -1.06. The molecule has 2 fully saturated rings. The molecule has 0 aromatic heterocycles. The Labute approximate surface area is 116 Å². The minimum Gasteiger partial charge on any atom is -0.490 e. The van der Waals surface area contributed by atoms with E-state index in [0.29, 0.717) is 17.9 Å². The molecule has 3 heteroatoms. The maximum Gasteiger partial charge on any atom is 0.119 e. The summed E-state index contributed by atoms with van der Waals surface area (Å²) in [4.78, 5) is 5.04. The van der Waals surface area contributed by atoms with E-state index >= 15 is 0 Å². The zero-order valence-electron chi connectivity index (χ0n) is 12.0. The fourth-order valence-corrected chi connectivity index (χ4v) is 3.64. The molecule has 3 nitrogen and oxygen atoms in total. The van der Waals surface area contributed by atoms with Crippen molar-refractivity contribution in [2.45, 2.75) is 13.0 Å². The highest BCUT2D eigenvalue weighted by molar-refractivity contribution is 5.21.